The first-order valence-corrected chi connectivity index (χ1v) is 8.90. The number of carbonyl (C=O) groups excluding carboxylic acids is 1. The lowest BCUT2D eigenvalue weighted by atomic mass is 10.2. The van der Waals surface area contributed by atoms with Gasteiger partial charge in [0.05, 0.1) is 0 Å². The van der Waals surface area contributed by atoms with Gasteiger partial charge in [-0.05, 0) is 38.0 Å². The van der Waals surface area contributed by atoms with Crippen molar-refractivity contribution in [3.8, 4) is 0 Å². The highest BCUT2D eigenvalue weighted by atomic mass is 16.2. The number of hydrogen-bond donors (Lipinski definition) is 1. The normalized spacial score (nSPS) is 17.5. The van der Waals surface area contributed by atoms with Gasteiger partial charge in [0.2, 0.25) is 5.95 Å². The molecular weight excluding hydrogens is 314 g/mol. The fourth-order valence-corrected chi connectivity index (χ4v) is 3.10. The van der Waals surface area contributed by atoms with E-state index in [2.05, 4.69) is 49.4 Å². The van der Waals surface area contributed by atoms with Crippen molar-refractivity contribution in [1.82, 2.24) is 15.3 Å². The Kier molecular flexibility index (Phi) is 4.26. The van der Waals surface area contributed by atoms with Gasteiger partial charge in [-0.1, -0.05) is 18.2 Å². The molecule has 1 amide bonds. The second kappa shape index (κ2) is 6.70. The number of aryl methyl sites for hydroxylation is 1. The van der Waals surface area contributed by atoms with E-state index in [1.165, 1.54) is 5.69 Å². The summed E-state index contributed by atoms with van der Waals surface area (Å²) < 4.78 is 0. The lowest BCUT2D eigenvalue weighted by molar-refractivity contribution is 0.0946. The number of anilines is 2. The molecule has 2 aromatic rings. The average Bonchev–Trinajstić information content (AvgIpc) is 3.46. The summed E-state index contributed by atoms with van der Waals surface area (Å²) >= 11 is 0. The molecule has 4 rings (SSSR count). The standard InChI is InChI=1S/C19H23N5O/c1-14-13-17(18(25)21-15-7-8-15)22-19(20-14)24-11-9-23(10-12-24)16-5-3-2-4-6-16/h2-6,13,15H,7-12H2,1H3,(H,21,25). The number of hydrogen-bond acceptors (Lipinski definition) is 5. The molecule has 1 aromatic carbocycles. The van der Waals surface area contributed by atoms with Crippen molar-refractivity contribution >= 4 is 17.5 Å². The molecule has 0 radical (unpaired) electrons. The van der Waals surface area contributed by atoms with Crippen molar-refractivity contribution in [2.24, 2.45) is 0 Å². The molecule has 0 spiro atoms. The second-order valence-electron chi connectivity index (χ2n) is 6.75. The maximum atomic E-state index is 12.3. The van der Waals surface area contributed by atoms with Crippen molar-refractivity contribution < 1.29 is 4.79 Å². The topological polar surface area (TPSA) is 61.4 Å². The largest absolute Gasteiger partial charge is 0.368 e. The fourth-order valence-electron chi connectivity index (χ4n) is 3.10. The third-order valence-corrected chi connectivity index (χ3v) is 4.67. The average molecular weight is 337 g/mol. The maximum Gasteiger partial charge on any atom is 0.270 e. The Bertz CT molecular complexity index is 752. The Morgan fingerprint density at radius 3 is 2.40 bits per heavy atom. The highest BCUT2D eigenvalue weighted by molar-refractivity contribution is 5.93. The SMILES string of the molecule is Cc1cc(C(=O)NC2CC2)nc(N2CCN(c3ccccc3)CC2)n1. The molecular formula is C19H23N5O. The van der Waals surface area contributed by atoms with Gasteiger partial charge in [0, 0.05) is 43.6 Å². The predicted molar refractivity (Wildman–Crippen MR) is 98.1 cm³/mol. The molecule has 6 heteroatoms. The first-order chi connectivity index (χ1) is 12.2. The number of aromatic nitrogens is 2. The zero-order valence-electron chi connectivity index (χ0n) is 14.5. The number of amides is 1. The van der Waals surface area contributed by atoms with Crippen LogP contribution in [0.1, 0.15) is 29.0 Å². The van der Waals surface area contributed by atoms with Crippen LogP contribution in [0.2, 0.25) is 0 Å². The van der Waals surface area contributed by atoms with Gasteiger partial charge >= 0.3 is 0 Å². The van der Waals surface area contributed by atoms with Gasteiger partial charge in [0.25, 0.3) is 5.91 Å². The summed E-state index contributed by atoms with van der Waals surface area (Å²) in [7, 11) is 0. The van der Waals surface area contributed by atoms with Crippen LogP contribution in [0.3, 0.4) is 0 Å². The molecule has 0 unspecified atom stereocenters. The third kappa shape index (κ3) is 3.73. The van der Waals surface area contributed by atoms with E-state index in [0.717, 1.165) is 44.7 Å². The van der Waals surface area contributed by atoms with Gasteiger partial charge in [-0.25, -0.2) is 9.97 Å². The smallest absolute Gasteiger partial charge is 0.270 e. The van der Waals surface area contributed by atoms with Crippen LogP contribution in [0.4, 0.5) is 11.6 Å². The number of carbonyl (C=O) groups is 1. The highest BCUT2D eigenvalue weighted by Crippen LogP contribution is 2.21. The number of benzene rings is 1. The van der Waals surface area contributed by atoms with Crippen molar-refractivity contribution in [3.05, 3.63) is 47.8 Å². The summed E-state index contributed by atoms with van der Waals surface area (Å²) in [5.41, 5.74) is 2.55. The minimum atomic E-state index is -0.0860. The predicted octanol–water partition coefficient (Wildman–Crippen LogP) is 2.00. The monoisotopic (exact) mass is 337 g/mol. The number of piperazine rings is 1. The van der Waals surface area contributed by atoms with Gasteiger partial charge < -0.3 is 15.1 Å². The summed E-state index contributed by atoms with van der Waals surface area (Å²) in [6, 6.07) is 12.5. The number of nitrogens with one attached hydrogen (secondary N) is 1. The van der Waals surface area contributed by atoms with Crippen LogP contribution >= 0.6 is 0 Å². The molecule has 1 N–H and O–H groups in total. The Balaban J connectivity index is 1.45. The summed E-state index contributed by atoms with van der Waals surface area (Å²) in [5.74, 6) is 0.575. The minimum absolute atomic E-state index is 0.0860. The molecule has 2 aliphatic rings. The second-order valence-corrected chi connectivity index (χ2v) is 6.75. The van der Waals surface area contributed by atoms with Crippen LogP contribution in [0.25, 0.3) is 0 Å². The zero-order chi connectivity index (χ0) is 17.2. The quantitative estimate of drug-likeness (QED) is 0.925. The molecule has 25 heavy (non-hydrogen) atoms. The van der Waals surface area contributed by atoms with Gasteiger partial charge in [0.15, 0.2) is 0 Å². The Labute approximate surface area is 147 Å². The van der Waals surface area contributed by atoms with Gasteiger partial charge in [-0.3, -0.25) is 4.79 Å². The van der Waals surface area contributed by atoms with E-state index in [0.29, 0.717) is 17.7 Å². The first-order valence-electron chi connectivity index (χ1n) is 8.90. The van der Waals surface area contributed by atoms with Crippen LogP contribution in [0, 0.1) is 6.92 Å². The van der Waals surface area contributed by atoms with Crippen molar-refractivity contribution in [2.75, 3.05) is 36.0 Å². The Morgan fingerprint density at radius 1 is 1.04 bits per heavy atom. The van der Waals surface area contributed by atoms with E-state index in [-0.39, 0.29) is 5.91 Å². The van der Waals surface area contributed by atoms with Gasteiger partial charge in [-0.2, -0.15) is 0 Å². The van der Waals surface area contributed by atoms with E-state index in [1.54, 1.807) is 6.07 Å². The Hall–Kier alpha value is -2.63. The summed E-state index contributed by atoms with van der Waals surface area (Å²) in [6.07, 6.45) is 2.15. The summed E-state index contributed by atoms with van der Waals surface area (Å²) in [5, 5.41) is 3.00. The van der Waals surface area contributed by atoms with Crippen molar-refractivity contribution in [1.29, 1.82) is 0 Å². The van der Waals surface area contributed by atoms with E-state index >= 15 is 0 Å². The number of para-hydroxylation sites is 1. The van der Waals surface area contributed by atoms with Crippen molar-refractivity contribution in [2.45, 2.75) is 25.8 Å². The molecule has 0 atom stereocenters. The first kappa shape index (κ1) is 15.9. The van der Waals surface area contributed by atoms with E-state index in [1.807, 2.05) is 13.0 Å². The molecule has 1 aliphatic carbocycles. The number of nitrogens with zero attached hydrogens (tertiary/aromatic N) is 4. The lowest BCUT2D eigenvalue weighted by Crippen LogP contribution is -2.47. The molecule has 6 nitrogen and oxygen atoms in total. The van der Waals surface area contributed by atoms with E-state index in [9.17, 15) is 4.79 Å². The fraction of sp³-hybridized carbons (Fsp3) is 0.421. The van der Waals surface area contributed by atoms with Crippen LogP contribution in [0.5, 0.6) is 0 Å². The van der Waals surface area contributed by atoms with Crippen LogP contribution in [-0.2, 0) is 0 Å². The van der Waals surface area contributed by atoms with Crippen molar-refractivity contribution in [3.63, 3.8) is 0 Å². The molecule has 1 aromatic heterocycles. The molecule has 2 heterocycles. The van der Waals surface area contributed by atoms with Crippen LogP contribution < -0.4 is 15.1 Å². The minimum Gasteiger partial charge on any atom is -0.368 e. The maximum absolute atomic E-state index is 12.3. The van der Waals surface area contributed by atoms with Gasteiger partial charge in [-0.15, -0.1) is 0 Å². The van der Waals surface area contributed by atoms with Crippen LogP contribution in [0.15, 0.2) is 36.4 Å². The highest BCUT2D eigenvalue weighted by Gasteiger charge is 2.25. The third-order valence-electron chi connectivity index (χ3n) is 4.67. The Morgan fingerprint density at radius 2 is 1.72 bits per heavy atom. The molecule has 2 fully saturated rings. The molecule has 1 aliphatic heterocycles. The molecule has 1 saturated heterocycles. The van der Waals surface area contributed by atoms with Gasteiger partial charge in [0.1, 0.15) is 5.69 Å². The number of rotatable bonds is 4. The summed E-state index contributed by atoms with van der Waals surface area (Å²) in [4.78, 5) is 25.9. The van der Waals surface area contributed by atoms with Crippen LogP contribution in [-0.4, -0.2) is 48.1 Å². The molecule has 130 valence electrons. The lowest BCUT2D eigenvalue weighted by Gasteiger charge is -2.36. The molecule has 1 saturated carbocycles. The van der Waals surface area contributed by atoms with E-state index < -0.39 is 0 Å². The molecule has 0 bridgehead atoms. The zero-order valence-corrected chi connectivity index (χ0v) is 14.5. The van der Waals surface area contributed by atoms with E-state index in [4.69, 9.17) is 0 Å². The summed E-state index contributed by atoms with van der Waals surface area (Å²) in [6.45, 7) is 5.46.